The molecule has 1 spiro atoms. The second kappa shape index (κ2) is 9.05. The van der Waals surface area contributed by atoms with Crippen LogP contribution >= 0.6 is 23.2 Å². The van der Waals surface area contributed by atoms with Gasteiger partial charge in [-0.15, -0.1) is 0 Å². The molecule has 1 N–H and O–H groups in total. The van der Waals surface area contributed by atoms with Gasteiger partial charge < -0.3 is 19.8 Å². The molecule has 3 heterocycles. The molecule has 3 aliphatic heterocycles. The molecule has 6 nitrogen and oxygen atoms in total. The number of para-hydroxylation sites is 2. The van der Waals surface area contributed by atoms with Gasteiger partial charge in [0.25, 0.3) is 0 Å². The summed E-state index contributed by atoms with van der Waals surface area (Å²) in [6.07, 6.45) is 2.10. The number of anilines is 2. The summed E-state index contributed by atoms with van der Waals surface area (Å²) in [5.41, 5.74) is 1.58. The van der Waals surface area contributed by atoms with E-state index in [-0.39, 0.29) is 11.8 Å². The number of likely N-dealkylation sites (N-methyl/N-ethyl adjacent to an activating group) is 2. The van der Waals surface area contributed by atoms with Crippen molar-refractivity contribution in [1.82, 2.24) is 4.90 Å². The number of aliphatic hydroxyl groups excluding tert-OH is 1. The van der Waals surface area contributed by atoms with Gasteiger partial charge in [0.1, 0.15) is 5.41 Å². The number of carbonyl (C=O) groups is 2. The minimum absolute atomic E-state index is 0.111. The van der Waals surface area contributed by atoms with Crippen LogP contribution in [0.3, 0.4) is 0 Å². The van der Waals surface area contributed by atoms with E-state index in [9.17, 15) is 14.7 Å². The van der Waals surface area contributed by atoms with Crippen LogP contribution < -0.4 is 9.80 Å². The number of rotatable bonds is 3. The van der Waals surface area contributed by atoms with Gasteiger partial charge in [-0.2, -0.15) is 0 Å². The Morgan fingerprint density at radius 3 is 2.02 bits per heavy atom. The third kappa shape index (κ3) is 3.08. The zero-order valence-electron chi connectivity index (χ0n) is 22.5. The van der Waals surface area contributed by atoms with E-state index >= 15 is 0 Å². The maximum atomic E-state index is 14.9. The van der Waals surface area contributed by atoms with E-state index in [4.69, 9.17) is 23.2 Å². The smallest absolute Gasteiger partial charge is 0.241 e. The van der Waals surface area contributed by atoms with Gasteiger partial charge in [-0.05, 0) is 60.3 Å². The van der Waals surface area contributed by atoms with Crippen molar-refractivity contribution in [1.29, 1.82) is 0 Å². The Labute approximate surface area is 244 Å². The molecular weight excluding hydrogens is 545 g/mol. The number of piperidine rings is 1. The molecule has 0 radical (unpaired) electrons. The average Bonchev–Trinajstić information content (AvgIpc) is 3.45. The predicted molar refractivity (Wildman–Crippen MR) is 158 cm³/mol. The number of nitrogens with zero attached hydrogens (tertiary/aromatic N) is 3. The quantitative estimate of drug-likeness (QED) is 0.451. The molecule has 8 heteroatoms. The highest BCUT2D eigenvalue weighted by atomic mass is 35.5. The van der Waals surface area contributed by atoms with Crippen molar-refractivity contribution in [3.63, 3.8) is 0 Å². The van der Waals surface area contributed by atoms with E-state index in [1.807, 2.05) is 48.5 Å². The number of benzene rings is 3. The zero-order valence-corrected chi connectivity index (χ0v) is 24.0. The monoisotopic (exact) mass is 575 g/mol. The molecule has 2 amide bonds. The summed E-state index contributed by atoms with van der Waals surface area (Å²) in [6, 6.07) is 18.8. The molecule has 0 bridgehead atoms. The third-order valence-corrected chi connectivity index (χ3v) is 10.4. The molecule has 3 aromatic carbocycles. The molecule has 1 saturated heterocycles. The fourth-order valence-corrected chi connectivity index (χ4v) is 8.88. The molecule has 1 fully saturated rings. The van der Waals surface area contributed by atoms with Gasteiger partial charge in [-0.1, -0.05) is 78.2 Å². The lowest BCUT2D eigenvalue weighted by molar-refractivity contribution is -0.132. The Morgan fingerprint density at radius 2 is 1.35 bits per heavy atom. The van der Waals surface area contributed by atoms with E-state index in [1.165, 1.54) is 0 Å². The zero-order chi connectivity index (χ0) is 28.0. The van der Waals surface area contributed by atoms with Crippen molar-refractivity contribution >= 4 is 46.4 Å². The Balaban J connectivity index is 1.60. The van der Waals surface area contributed by atoms with Crippen LogP contribution in [0.4, 0.5) is 11.4 Å². The number of carbonyl (C=O) groups excluding carboxylic acids is 2. The van der Waals surface area contributed by atoms with E-state index in [1.54, 1.807) is 36.0 Å². The molecule has 7 rings (SSSR count). The third-order valence-electron chi connectivity index (χ3n) is 9.82. The van der Waals surface area contributed by atoms with Crippen LogP contribution in [0, 0.1) is 0 Å². The lowest BCUT2D eigenvalue weighted by Gasteiger charge is -2.46. The van der Waals surface area contributed by atoms with Gasteiger partial charge in [-0.25, -0.2) is 0 Å². The van der Waals surface area contributed by atoms with E-state index in [2.05, 4.69) is 4.90 Å². The van der Waals surface area contributed by atoms with E-state index < -0.39 is 22.9 Å². The van der Waals surface area contributed by atoms with Gasteiger partial charge in [-0.3, -0.25) is 9.59 Å². The standard InChI is InChI=1S/C32H31Cl2N3O3/c1-35-25-21(12-8-14-23(25)33)31(29(35)39,18-37-16-6-3-7-17-37)27-19-10-4-5-11-20(19)28(38)32(27)22-13-9-15-24(34)26(22)36(2)30(32)40/h4-5,8-15,27-28,38H,3,6-7,16-18H2,1-2H3/t27-,28-,31-,32-/m1/s1. The first-order chi connectivity index (χ1) is 19.3. The van der Waals surface area contributed by atoms with Gasteiger partial charge in [0.2, 0.25) is 11.8 Å². The number of hydrogen-bond acceptors (Lipinski definition) is 4. The minimum atomic E-state index is -1.45. The number of fused-ring (bicyclic) bond motifs is 4. The first-order valence-electron chi connectivity index (χ1n) is 13.9. The summed E-state index contributed by atoms with van der Waals surface area (Å²) in [4.78, 5) is 35.2. The largest absolute Gasteiger partial charge is 0.387 e. The van der Waals surface area contributed by atoms with Gasteiger partial charge >= 0.3 is 0 Å². The summed E-state index contributed by atoms with van der Waals surface area (Å²) in [5, 5.41) is 13.2. The number of amides is 2. The fourth-order valence-electron chi connectivity index (χ4n) is 8.28. The lowest BCUT2D eigenvalue weighted by Crippen LogP contribution is -2.59. The molecular formula is C32H31Cl2N3O3. The number of likely N-dealkylation sites (tertiary alicyclic amines) is 1. The molecule has 0 aromatic heterocycles. The number of aliphatic hydroxyl groups is 1. The predicted octanol–water partition coefficient (Wildman–Crippen LogP) is 5.44. The van der Waals surface area contributed by atoms with Crippen LogP contribution in [0.2, 0.25) is 10.0 Å². The fraction of sp³-hybridized carbons (Fsp3) is 0.375. The van der Waals surface area contributed by atoms with Gasteiger partial charge in [0, 0.05) is 26.6 Å². The summed E-state index contributed by atoms with van der Waals surface area (Å²) in [6.45, 7) is 2.16. The highest BCUT2D eigenvalue weighted by Gasteiger charge is 2.72. The van der Waals surface area contributed by atoms with E-state index in [0.717, 1.165) is 43.5 Å². The van der Waals surface area contributed by atoms with Crippen LogP contribution in [-0.4, -0.2) is 55.6 Å². The van der Waals surface area contributed by atoms with Crippen molar-refractivity contribution in [2.45, 2.75) is 42.1 Å². The van der Waals surface area contributed by atoms with Crippen molar-refractivity contribution in [3.05, 3.63) is 93.0 Å². The maximum Gasteiger partial charge on any atom is 0.241 e. The van der Waals surface area contributed by atoms with Crippen molar-refractivity contribution in [2.75, 3.05) is 43.5 Å². The topological polar surface area (TPSA) is 64.1 Å². The first kappa shape index (κ1) is 26.0. The molecule has 0 saturated carbocycles. The van der Waals surface area contributed by atoms with Crippen LogP contribution in [0.25, 0.3) is 0 Å². The molecule has 206 valence electrons. The second-order valence-electron chi connectivity index (χ2n) is 11.6. The Morgan fingerprint density at radius 1 is 0.775 bits per heavy atom. The van der Waals surface area contributed by atoms with Crippen molar-refractivity contribution in [3.8, 4) is 0 Å². The Bertz CT molecular complexity index is 1570. The minimum Gasteiger partial charge on any atom is -0.387 e. The molecule has 1 aliphatic carbocycles. The number of hydrogen-bond donors (Lipinski definition) is 1. The van der Waals surface area contributed by atoms with Gasteiger partial charge in [0.15, 0.2) is 0 Å². The van der Waals surface area contributed by atoms with Crippen molar-refractivity contribution < 1.29 is 14.7 Å². The second-order valence-corrected chi connectivity index (χ2v) is 12.5. The highest BCUT2D eigenvalue weighted by Crippen LogP contribution is 2.69. The molecule has 0 unspecified atom stereocenters. The van der Waals surface area contributed by atoms with Gasteiger partial charge in [0.05, 0.1) is 32.9 Å². The highest BCUT2D eigenvalue weighted by molar-refractivity contribution is 6.36. The Kier molecular flexibility index (Phi) is 5.89. The van der Waals surface area contributed by atoms with Crippen molar-refractivity contribution in [2.24, 2.45) is 0 Å². The summed E-state index contributed by atoms with van der Waals surface area (Å²) in [7, 11) is 3.47. The number of halogens is 2. The van der Waals surface area contributed by atoms with Crippen LogP contribution in [0.1, 0.15) is 53.5 Å². The van der Waals surface area contributed by atoms with E-state index in [0.29, 0.717) is 39.1 Å². The Hall–Kier alpha value is -2.90. The summed E-state index contributed by atoms with van der Waals surface area (Å²) in [5.74, 6) is -1.06. The lowest BCUT2D eigenvalue weighted by atomic mass is 9.56. The van der Waals surface area contributed by atoms with Crippen LogP contribution in [0.15, 0.2) is 60.7 Å². The van der Waals surface area contributed by atoms with Crippen LogP contribution in [-0.2, 0) is 20.4 Å². The normalized spacial score (nSPS) is 29.3. The maximum absolute atomic E-state index is 14.9. The summed E-state index contributed by atoms with van der Waals surface area (Å²) >= 11 is 13.5. The summed E-state index contributed by atoms with van der Waals surface area (Å²) < 4.78 is 0. The molecule has 4 atom stereocenters. The molecule has 3 aromatic rings. The first-order valence-corrected chi connectivity index (χ1v) is 14.7. The average molecular weight is 577 g/mol. The SMILES string of the molecule is CN1C(=O)[C@@]2(c3cccc(Cl)c31)[C@H](O)c1ccccc1[C@@H]2[C@]1(CN2CCCCC2)C(=O)N(C)c2c(Cl)cccc21. The van der Waals surface area contributed by atoms with Crippen LogP contribution in [0.5, 0.6) is 0 Å². The molecule has 40 heavy (non-hydrogen) atoms. The molecule has 4 aliphatic rings.